The third kappa shape index (κ3) is 4.37. The fourth-order valence-corrected chi connectivity index (χ4v) is 3.66. The molecule has 0 bridgehead atoms. The normalized spacial score (nSPS) is 11.7. The Hall–Kier alpha value is -2.85. The molecule has 0 aliphatic rings. The molecule has 25 heavy (non-hydrogen) atoms. The molecule has 0 aliphatic carbocycles. The van der Waals surface area contributed by atoms with E-state index in [1.807, 2.05) is 78.9 Å². The zero-order chi connectivity index (χ0) is 17.5. The smallest absolute Gasteiger partial charge is 0.258 e. The Balaban J connectivity index is 2.06. The highest BCUT2D eigenvalue weighted by molar-refractivity contribution is 8.07. The summed E-state index contributed by atoms with van der Waals surface area (Å²) in [6.45, 7) is 0. The molecule has 0 amide bonds. The maximum atomic E-state index is 11.9. The molecule has 0 aromatic heterocycles. The summed E-state index contributed by atoms with van der Waals surface area (Å²) in [5, 5.41) is 11.9. The average molecular weight is 347 g/mol. The largest absolute Gasteiger partial charge is 0.290 e. The maximum Gasteiger partial charge on any atom is 0.290 e. The van der Waals surface area contributed by atoms with Gasteiger partial charge >= 0.3 is 0 Å². The van der Waals surface area contributed by atoms with Crippen molar-refractivity contribution in [3.05, 3.63) is 118 Å². The van der Waals surface area contributed by atoms with Gasteiger partial charge in [0.15, 0.2) is 0 Å². The summed E-state index contributed by atoms with van der Waals surface area (Å²) in [6, 6.07) is 28.6. The lowest BCUT2D eigenvalue weighted by atomic mass is 10.1. The molecule has 4 heteroatoms. The van der Waals surface area contributed by atoms with Crippen LogP contribution in [0.15, 0.2) is 91.0 Å². The van der Waals surface area contributed by atoms with Gasteiger partial charge in [0.1, 0.15) is 0 Å². The maximum absolute atomic E-state index is 11.9. The van der Waals surface area contributed by atoms with Crippen LogP contribution in [0.1, 0.15) is 16.7 Å². The molecule has 3 nitrogen and oxygen atoms in total. The lowest BCUT2D eigenvalue weighted by Gasteiger charge is -2.10. The molecule has 0 spiro atoms. The topological polar surface area (TPSA) is 43.1 Å². The summed E-state index contributed by atoms with van der Waals surface area (Å²) in [6.07, 6.45) is 0. The van der Waals surface area contributed by atoms with Gasteiger partial charge in [-0.1, -0.05) is 78.9 Å². The first kappa shape index (κ1) is 17.0. The summed E-state index contributed by atoms with van der Waals surface area (Å²) < 4.78 is 0. The molecule has 3 aromatic rings. The SMILES string of the molecule is O=[N+]([O-])C(=C(SCc1ccccc1)c1ccccc1)c1ccccc1. The van der Waals surface area contributed by atoms with Gasteiger partial charge in [0.2, 0.25) is 0 Å². The first-order valence-corrected chi connectivity index (χ1v) is 8.90. The second kappa shape index (κ2) is 8.31. The van der Waals surface area contributed by atoms with Crippen molar-refractivity contribution in [3.63, 3.8) is 0 Å². The summed E-state index contributed by atoms with van der Waals surface area (Å²) >= 11 is 1.50. The number of nitro groups is 1. The van der Waals surface area contributed by atoms with E-state index in [4.69, 9.17) is 0 Å². The lowest BCUT2D eigenvalue weighted by Crippen LogP contribution is -2.01. The fourth-order valence-electron chi connectivity index (χ4n) is 2.52. The number of hydrogen-bond acceptors (Lipinski definition) is 3. The van der Waals surface area contributed by atoms with Gasteiger partial charge in [0.25, 0.3) is 5.70 Å². The van der Waals surface area contributed by atoms with Crippen molar-refractivity contribution in [1.82, 2.24) is 0 Å². The first-order chi connectivity index (χ1) is 12.3. The molecule has 3 rings (SSSR count). The number of hydrogen-bond donors (Lipinski definition) is 0. The van der Waals surface area contributed by atoms with E-state index < -0.39 is 0 Å². The Labute approximate surface area is 151 Å². The van der Waals surface area contributed by atoms with Gasteiger partial charge in [-0.3, -0.25) is 10.1 Å². The quantitative estimate of drug-likeness (QED) is 0.325. The van der Waals surface area contributed by atoms with Crippen LogP contribution in [0, 0.1) is 10.1 Å². The molecule has 0 radical (unpaired) electrons. The summed E-state index contributed by atoms with van der Waals surface area (Å²) in [5.74, 6) is 0.676. The van der Waals surface area contributed by atoms with Crippen molar-refractivity contribution >= 4 is 22.4 Å². The van der Waals surface area contributed by atoms with Crippen molar-refractivity contribution < 1.29 is 4.92 Å². The predicted molar refractivity (Wildman–Crippen MR) is 104 cm³/mol. The lowest BCUT2D eigenvalue weighted by molar-refractivity contribution is -0.374. The second-order valence-electron chi connectivity index (χ2n) is 5.44. The minimum absolute atomic E-state index is 0.146. The van der Waals surface area contributed by atoms with Crippen LogP contribution in [0.4, 0.5) is 0 Å². The molecule has 0 heterocycles. The van der Waals surface area contributed by atoms with Gasteiger partial charge in [0, 0.05) is 5.75 Å². The Bertz CT molecular complexity index is 862. The number of rotatable bonds is 6. The fraction of sp³-hybridized carbons (Fsp3) is 0.0476. The van der Waals surface area contributed by atoms with Crippen molar-refractivity contribution in [1.29, 1.82) is 0 Å². The molecule has 0 aliphatic heterocycles. The second-order valence-corrected chi connectivity index (χ2v) is 6.43. The van der Waals surface area contributed by atoms with E-state index in [1.54, 1.807) is 12.1 Å². The molecule has 0 saturated heterocycles. The van der Waals surface area contributed by atoms with E-state index in [0.29, 0.717) is 16.2 Å². The van der Waals surface area contributed by atoms with Gasteiger partial charge in [0.05, 0.1) is 15.4 Å². The molecule has 0 fully saturated rings. The van der Waals surface area contributed by atoms with E-state index in [1.165, 1.54) is 11.8 Å². The van der Waals surface area contributed by atoms with Crippen LogP contribution in [0.3, 0.4) is 0 Å². The van der Waals surface area contributed by atoms with Gasteiger partial charge in [-0.2, -0.15) is 0 Å². The third-order valence-electron chi connectivity index (χ3n) is 3.71. The summed E-state index contributed by atoms with van der Waals surface area (Å²) in [5.41, 5.74) is 2.76. The van der Waals surface area contributed by atoms with Gasteiger partial charge in [-0.25, -0.2) is 0 Å². The summed E-state index contributed by atoms with van der Waals surface area (Å²) in [7, 11) is 0. The Morgan fingerprint density at radius 1 is 0.760 bits per heavy atom. The Morgan fingerprint density at radius 3 is 1.76 bits per heavy atom. The highest BCUT2D eigenvalue weighted by Gasteiger charge is 2.22. The van der Waals surface area contributed by atoms with Crippen LogP contribution in [0.5, 0.6) is 0 Å². The van der Waals surface area contributed by atoms with E-state index in [9.17, 15) is 10.1 Å². The molecular formula is C21H17NO2S. The van der Waals surface area contributed by atoms with Crippen molar-refractivity contribution in [3.8, 4) is 0 Å². The molecule has 0 N–H and O–H groups in total. The van der Waals surface area contributed by atoms with Crippen LogP contribution in [0.25, 0.3) is 10.6 Å². The van der Waals surface area contributed by atoms with E-state index in [0.717, 1.165) is 11.1 Å². The number of benzene rings is 3. The van der Waals surface area contributed by atoms with Crippen molar-refractivity contribution in [2.75, 3.05) is 0 Å². The average Bonchev–Trinajstić information content (AvgIpc) is 2.67. The first-order valence-electron chi connectivity index (χ1n) is 7.92. The minimum atomic E-state index is -0.282. The van der Waals surface area contributed by atoms with E-state index in [-0.39, 0.29) is 10.6 Å². The highest BCUT2D eigenvalue weighted by atomic mass is 32.2. The van der Waals surface area contributed by atoms with E-state index in [2.05, 4.69) is 0 Å². The zero-order valence-corrected chi connectivity index (χ0v) is 14.4. The van der Waals surface area contributed by atoms with Crippen molar-refractivity contribution in [2.24, 2.45) is 0 Å². The van der Waals surface area contributed by atoms with Crippen molar-refractivity contribution in [2.45, 2.75) is 5.75 Å². The standard InChI is InChI=1S/C21H17NO2S/c23-22(24)20(18-12-6-2-7-13-18)21(19-14-8-3-9-15-19)25-16-17-10-4-1-5-11-17/h1-15H,16H2. The number of nitrogens with zero attached hydrogens (tertiary/aromatic N) is 1. The molecular weight excluding hydrogens is 330 g/mol. The molecule has 0 unspecified atom stereocenters. The molecule has 124 valence electrons. The molecule has 0 saturated carbocycles. The van der Waals surface area contributed by atoms with Crippen LogP contribution in [0.2, 0.25) is 0 Å². The Morgan fingerprint density at radius 2 is 1.24 bits per heavy atom. The van der Waals surface area contributed by atoms with Gasteiger partial charge in [-0.15, -0.1) is 11.8 Å². The monoisotopic (exact) mass is 347 g/mol. The van der Waals surface area contributed by atoms with E-state index >= 15 is 0 Å². The highest BCUT2D eigenvalue weighted by Crippen LogP contribution is 2.37. The molecule has 0 atom stereocenters. The third-order valence-corrected chi connectivity index (χ3v) is 4.90. The van der Waals surface area contributed by atoms with Gasteiger partial charge < -0.3 is 0 Å². The van der Waals surface area contributed by atoms with Crippen LogP contribution < -0.4 is 0 Å². The predicted octanol–water partition coefficient (Wildman–Crippen LogP) is 5.72. The van der Waals surface area contributed by atoms with Crippen LogP contribution in [-0.2, 0) is 5.75 Å². The van der Waals surface area contributed by atoms with Crippen LogP contribution in [-0.4, -0.2) is 4.92 Å². The van der Waals surface area contributed by atoms with Crippen LogP contribution >= 0.6 is 11.8 Å². The Kier molecular flexibility index (Phi) is 5.65. The summed E-state index contributed by atoms with van der Waals surface area (Å²) in [4.78, 5) is 12.3. The minimum Gasteiger partial charge on any atom is -0.258 e. The molecule has 3 aromatic carbocycles. The zero-order valence-electron chi connectivity index (χ0n) is 13.5. The number of thioether (sulfide) groups is 1. The van der Waals surface area contributed by atoms with Gasteiger partial charge in [-0.05, 0) is 23.3 Å².